The maximum Gasteiger partial charge on any atom is 0.225 e. The van der Waals surface area contributed by atoms with Gasteiger partial charge in [0, 0.05) is 16.4 Å². The van der Waals surface area contributed by atoms with Crippen molar-refractivity contribution in [3.8, 4) is 11.4 Å². The van der Waals surface area contributed by atoms with Crippen LogP contribution in [0.4, 0.5) is 8.78 Å². The number of amides is 1. The van der Waals surface area contributed by atoms with E-state index in [1.54, 1.807) is 36.0 Å². The number of benzene rings is 3. The molecule has 0 aliphatic rings. The summed E-state index contributed by atoms with van der Waals surface area (Å²) in [6.45, 7) is 9.07. The van der Waals surface area contributed by atoms with Gasteiger partial charge >= 0.3 is 0 Å². The van der Waals surface area contributed by atoms with E-state index in [2.05, 4.69) is 10.4 Å². The van der Waals surface area contributed by atoms with E-state index in [9.17, 15) is 13.6 Å². The topological polar surface area (TPSA) is 56.1 Å². The standard InChI is InChI=1S/C28H29F2N3O2/c1-17-23(7-6-8-24(17)30)26(18(2)32-27(34)28(3,4)5)35-22-13-14-25-19(15-22)16-31-33(25)21-11-9-20(29)10-12-21/h6-16,18,26H,1-5H3,(H,32,34)/t18-,26-/m0/s1. The van der Waals surface area contributed by atoms with Gasteiger partial charge in [-0.2, -0.15) is 5.10 Å². The smallest absolute Gasteiger partial charge is 0.225 e. The number of nitrogens with one attached hydrogen (secondary N) is 1. The summed E-state index contributed by atoms with van der Waals surface area (Å²) in [4.78, 5) is 12.7. The molecule has 0 saturated heterocycles. The highest BCUT2D eigenvalue weighted by Gasteiger charge is 2.29. The van der Waals surface area contributed by atoms with E-state index in [1.165, 1.54) is 18.2 Å². The van der Waals surface area contributed by atoms with Gasteiger partial charge in [-0.1, -0.05) is 32.9 Å². The third kappa shape index (κ3) is 5.19. The predicted octanol–water partition coefficient (Wildman–Crippen LogP) is 6.28. The Morgan fingerprint density at radius 2 is 1.77 bits per heavy atom. The van der Waals surface area contributed by atoms with Crippen molar-refractivity contribution in [2.24, 2.45) is 5.41 Å². The minimum absolute atomic E-state index is 0.122. The van der Waals surface area contributed by atoms with E-state index in [4.69, 9.17) is 4.74 Å². The van der Waals surface area contributed by atoms with Crippen LogP contribution in [0.5, 0.6) is 5.75 Å². The first kappa shape index (κ1) is 24.4. The number of fused-ring (bicyclic) bond motifs is 1. The van der Waals surface area contributed by atoms with Gasteiger partial charge in [-0.15, -0.1) is 0 Å². The molecule has 1 heterocycles. The molecule has 182 valence electrons. The fourth-order valence-electron chi connectivity index (χ4n) is 3.89. The molecule has 0 spiro atoms. The minimum Gasteiger partial charge on any atom is -0.484 e. The van der Waals surface area contributed by atoms with Crippen LogP contribution in [-0.4, -0.2) is 21.7 Å². The van der Waals surface area contributed by atoms with Gasteiger partial charge in [0.25, 0.3) is 0 Å². The maximum absolute atomic E-state index is 14.4. The van der Waals surface area contributed by atoms with Crippen LogP contribution in [0.15, 0.2) is 66.9 Å². The Kier molecular flexibility index (Phi) is 6.61. The summed E-state index contributed by atoms with van der Waals surface area (Å²) >= 11 is 0. The first-order valence-electron chi connectivity index (χ1n) is 11.5. The molecule has 0 aliphatic carbocycles. The number of hydrogen-bond acceptors (Lipinski definition) is 3. The average molecular weight is 478 g/mol. The van der Waals surface area contributed by atoms with Crippen molar-refractivity contribution in [3.05, 3.63) is 89.6 Å². The molecule has 4 aromatic rings. The third-order valence-corrected chi connectivity index (χ3v) is 5.98. The van der Waals surface area contributed by atoms with Crippen molar-refractivity contribution in [2.75, 3.05) is 0 Å². The summed E-state index contributed by atoms with van der Waals surface area (Å²) in [6.07, 6.45) is 1.08. The molecule has 1 amide bonds. The largest absolute Gasteiger partial charge is 0.484 e. The number of carbonyl (C=O) groups is 1. The first-order chi connectivity index (χ1) is 16.5. The van der Waals surface area contributed by atoms with Gasteiger partial charge in [0.15, 0.2) is 0 Å². The number of nitrogens with zero attached hydrogens (tertiary/aromatic N) is 2. The van der Waals surface area contributed by atoms with Crippen molar-refractivity contribution in [1.29, 1.82) is 0 Å². The SMILES string of the molecule is Cc1c(F)cccc1[C@@H](Oc1ccc2c(cnn2-c2ccc(F)cc2)c1)[C@H](C)NC(=O)C(C)(C)C. The fraction of sp³-hybridized carbons (Fsp3) is 0.286. The minimum atomic E-state index is -0.624. The van der Waals surface area contributed by atoms with Crippen LogP contribution in [0.3, 0.4) is 0 Å². The van der Waals surface area contributed by atoms with Gasteiger partial charge in [0.1, 0.15) is 23.5 Å². The molecular weight excluding hydrogens is 448 g/mol. The molecular formula is C28H29F2N3O2. The van der Waals surface area contributed by atoms with Crippen molar-refractivity contribution >= 4 is 16.8 Å². The first-order valence-corrected chi connectivity index (χ1v) is 11.5. The van der Waals surface area contributed by atoms with Crippen LogP contribution < -0.4 is 10.1 Å². The number of ether oxygens (including phenoxy) is 1. The van der Waals surface area contributed by atoms with E-state index >= 15 is 0 Å². The van der Waals surface area contributed by atoms with Gasteiger partial charge in [-0.3, -0.25) is 4.79 Å². The lowest BCUT2D eigenvalue weighted by molar-refractivity contribution is -0.129. The van der Waals surface area contributed by atoms with E-state index in [-0.39, 0.29) is 17.5 Å². The maximum atomic E-state index is 14.4. The van der Waals surface area contributed by atoms with Gasteiger partial charge in [0.05, 0.1) is 23.4 Å². The van der Waals surface area contributed by atoms with Gasteiger partial charge in [-0.05, 0) is 67.9 Å². The highest BCUT2D eigenvalue weighted by Crippen LogP contribution is 2.31. The van der Waals surface area contributed by atoms with Crippen LogP contribution in [0, 0.1) is 24.0 Å². The van der Waals surface area contributed by atoms with Crippen LogP contribution in [0.2, 0.25) is 0 Å². The second kappa shape index (κ2) is 9.49. The summed E-state index contributed by atoms with van der Waals surface area (Å²) in [5.74, 6) is -0.209. The summed E-state index contributed by atoms with van der Waals surface area (Å²) in [7, 11) is 0. The van der Waals surface area contributed by atoms with E-state index in [0.29, 0.717) is 16.9 Å². The van der Waals surface area contributed by atoms with Gasteiger partial charge in [0.2, 0.25) is 5.91 Å². The third-order valence-electron chi connectivity index (χ3n) is 5.98. The molecule has 0 radical (unpaired) electrons. The Balaban J connectivity index is 1.68. The molecule has 2 atom stereocenters. The zero-order valence-electron chi connectivity index (χ0n) is 20.5. The lowest BCUT2D eigenvalue weighted by Gasteiger charge is -2.30. The highest BCUT2D eigenvalue weighted by molar-refractivity contribution is 5.82. The molecule has 5 nitrogen and oxygen atoms in total. The average Bonchev–Trinajstić information content (AvgIpc) is 3.22. The number of rotatable bonds is 6. The zero-order chi connectivity index (χ0) is 25.3. The molecule has 1 N–H and O–H groups in total. The quantitative estimate of drug-likeness (QED) is 0.355. The summed E-state index contributed by atoms with van der Waals surface area (Å²) in [6, 6.07) is 16.1. The number of aromatic nitrogens is 2. The Labute approximate surface area is 203 Å². The molecule has 0 aliphatic heterocycles. The predicted molar refractivity (Wildman–Crippen MR) is 133 cm³/mol. The molecule has 3 aromatic carbocycles. The van der Waals surface area contributed by atoms with Gasteiger partial charge in [-0.25, -0.2) is 13.5 Å². The molecule has 0 unspecified atom stereocenters. The normalized spacial score (nSPS) is 13.5. The molecule has 4 rings (SSSR count). The lowest BCUT2D eigenvalue weighted by atomic mass is 9.93. The molecule has 7 heteroatoms. The van der Waals surface area contributed by atoms with E-state index in [0.717, 1.165) is 16.6 Å². The molecule has 1 aromatic heterocycles. The van der Waals surface area contributed by atoms with E-state index in [1.807, 2.05) is 52.0 Å². The van der Waals surface area contributed by atoms with Crippen molar-refractivity contribution < 1.29 is 18.3 Å². The van der Waals surface area contributed by atoms with Gasteiger partial charge < -0.3 is 10.1 Å². The Morgan fingerprint density at radius 3 is 2.46 bits per heavy atom. The van der Waals surface area contributed by atoms with Crippen LogP contribution in [0.25, 0.3) is 16.6 Å². The molecule has 0 fully saturated rings. The van der Waals surface area contributed by atoms with Crippen molar-refractivity contribution in [2.45, 2.75) is 46.8 Å². The second-order valence-corrected chi connectivity index (χ2v) is 9.76. The number of carbonyl (C=O) groups excluding carboxylic acids is 1. The van der Waals surface area contributed by atoms with Crippen molar-refractivity contribution in [3.63, 3.8) is 0 Å². The zero-order valence-corrected chi connectivity index (χ0v) is 20.5. The Bertz CT molecular complexity index is 1360. The Morgan fingerprint density at radius 1 is 1.06 bits per heavy atom. The van der Waals surface area contributed by atoms with Crippen LogP contribution in [0.1, 0.15) is 44.9 Å². The molecule has 0 saturated carbocycles. The molecule has 35 heavy (non-hydrogen) atoms. The van der Waals surface area contributed by atoms with Crippen molar-refractivity contribution in [1.82, 2.24) is 15.1 Å². The summed E-state index contributed by atoms with van der Waals surface area (Å²) in [5, 5.41) is 8.28. The summed E-state index contributed by atoms with van der Waals surface area (Å²) < 4.78 is 35.8. The summed E-state index contributed by atoms with van der Waals surface area (Å²) in [5.41, 5.74) is 2.12. The fourth-order valence-corrected chi connectivity index (χ4v) is 3.89. The second-order valence-electron chi connectivity index (χ2n) is 9.76. The molecule has 0 bridgehead atoms. The van der Waals surface area contributed by atoms with E-state index < -0.39 is 17.6 Å². The van der Waals surface area contributed by atoms with Crippen LogP contribution >= 0.6 is 0 Å². The Hall–Kier alpha value is -3.74. The lowest BCUT2D eigenvalue weighted by Crippen LogP contribution is -2.44. The van der Waals surface area contributed by atoms with Crippen LogP contribution in [-0.2, 0) is 4.79 Å². The highest BCUT2D eigenvalue weighted by atomic mass is 19.1. The monoisotopic (exact) mass is 477 g/mol. The number of hydrogen-bond donors (Lipinski definition) is 1. The number of halogens is 2.